The van der Waals surface area contributed by atoms with Gasteiger partial charge in [-0.25, -0.2) is 4.39 Å². The molecule has 0 radical (unpaired) electrons. The number of alkyl halides is 1. The number of hydrogen-bond acceptors (Lipinski definition) is 2. The molecule has 25 heavy (non-hydrogen) atoms. The van der Waals surface area contributed by atoms with Crippen LogP contribution in [0.25, 0.3) is 11.1 Å². The third-order valence-electron chi connectivity index (χ3n) is 4.95. The van der Waals surface area contributed by atoms with E-state index in [9.17, 15) is 4.39 Å². The van der Waals surface area contributed by atoms with Gasteiger partial charge in [0.05, 0.1) is 0 Å². The summed E-state index contributed by atoms with van der Waals surface area (Å²) in [5.41, 5.74) is 10.3. The van der Waals surface area contributed by atoms with E-state index in [4.69, 9.17) is 5.73 Å². The lowest BCUT2D eigenvalue weighted by molar-refractivity contribution is 0.396. The molecule has 0 aliphatic carbocycles. The maximum absolute atomic E-state index is 12.7. The monoisotopic (exact) mass is 342 g/mol. The summed E-state index contributed by atoms with van der Waals surface area (Å²) in [7, 11) is 0. The predicted molar refractivity (Wildman–Crippen MR) is 105 cm³/mol. The molecule has 2 atom stereocenters. The van der Waals surface area contributed by atoms with Crippen LogP contribution < -0.4 is 5.73 Å². The number of aromatic nitrogens is 1. The van der Waals surface area contributed by atoms with Crippen LogP contribution in [0.2, 0.25) is 0 Å². The molecule has 2 N–H and O–H groups in total. The van der Waals surface area contributed by atoms with Gasteiger partial charge in [-0.3, -0.25) is 4.98 Å². The Hall–Kier alpha value is -1.74. The molecule has 1 aromatic heterocycles. The molecule has 2 unspecified atom stereocenters. The average molecular weight is 343 g/mol. The highest BCUT2D eigenvalue weighted by atomic mass is 19.1. The standard InChI is InChI=1S/C22H31FN2/c1-3-4-5-6-7-8-21-14-13-20(16-25-21)19-11-9-18(10-12-19)17(2)22(24)15-23/h9-14,16-17,22H,3-8,15,24H2,1-2H3. The van der Waals surface area contributed by atoms with Gasteiger partial charge in [0, 0.05) is 23.5 Å². The zero-order valence-electron chi connectivity index (χ0n) is 15.5. The van der Waals surface area contributed by atoms with Crippen LogP contribution in [0.5, 0.6) is 0 Å². The van der Waals surface area contributed by atoms with Gasteiger partial charge >= 0.3 is 0 Å². The van der Waals surface area contributed by atoms with Gasteiger partial charge in [0.15, 0.2) is 0 Å². The molecular weight excluding hydrogens is 311 g/mol. The summed E-state index contributed by atoms with van der Waals surface area (Å²) in [6.07, 6.45) is 9.45. The topological polar surface area (TPSA) is 38.9 Å². The molecule has 2 nitrogen and oxygen atoms in total. The largest absolute Gasteiger partial charge is 0.325 e. The van der Waals surface area contributed by atoms with Crippen LogP contribution in [0.3, 0.4) is 0 Å². The van der Waals surface area contributed by atoms with Crippen molar-refractivity contribution in [2.75, 3.05) is 6.67 Å². The highest BCUT2D eigenvalue weighted by Gasteiger charge is 2.14. The number of halogens is 1. The van der Waals surface area contributed by atoms with Gasteiger partial charge in [-0.05, 0) is 36.0 Å². The Balaban J connectivity index is 1.93. The van der Waals surface area contributed by atoms with Crippen molar-refractivity contribution in [3.05, 3.63) is 53.9 Å². The molecule has 2 aromatic rings. The van der Waals surface area contributed by atoms with Crippen molar-refractivity contribution in [3.8, 4) is 11.1 Å². The molecule has 0 spiro atoms. The van der Waals surface area contributed by atoms with E-state index >= 15 is 0 Å². The molecule has 136 valence electrons. The summed E-state index contributed by atoms with van der Waals surface area (Å²) < 4.78 is 12.7. The van der Waals surface area contributed by atoms with Gasteiger partial charge in [0.1, 0.15) is 6.67 Å². The molecule has 1 heterocycles. The molecule has 0 aliphatic rings. The number of aryl methyl sites for hydroxylation is 1. The summed E-state index contributed by atoms with van der Waals surface area (Å²) in [6, 6.07) is 12.0. The smallest absolute Gasteiger partial charge is 0.105 e. The summed E-state index contributed by atoms with van der Waals surface area (Å²) in [4.78, 5) is 4.60. The molecule has 2 rings (SSSR count). The summed E-state index contributed by atoms with van der Waals surface area (Å²) >= 11 is 0. The van der Waals surface area contributed by atoms with Crippen LogP contribution in [-0.4, -0.2) is 17.7 Å². The van der Waals surface area contributed by atoms with E-state index < -0.39 is 12.7 Å². The van der Waals surface area contributed by atoms with Crippen LogP contribution in [0, 0.1) is 0 Å². The van der Waals surface area contributed by atoms with Crippen molar-refractivity contribution in [1.29, 1.82) is 0 Å². The van der Waals surface area contributed by atoms with Crippen LogP contribution >= 0.6 is 0 Å². The van der Waals surface area contributed by atoms with Crippen molar-refractivity contribution in [2.45, 2.75) is 64.3 Å². The molecule has 0 aliphatic heterocycles. The van der Waals surface area contributed by atoms with Crippen molar-refractivity contribution < 1.29 is 4.39 Å². The third-order valence-corrected chi connectivity index (χ3v) is 4.95. The number of benzene rings is 1. The number of nitrogens with zero attached hydrogens (tertiary/aromatic N) is 1. The minimum Gasteiger partial charge on any atom is -0.325 e. The van der Waals surface area contributed by atoms with Gasteiger partial charge in [-0.2, -0.15) is 0 Å². The first-order chi connectivity index (χ1) is 12.2. The second-order valence-corrected chi connectivity index (χ2v) is 6.93. The fraction of sp³-hybridized carbons (Fsp3) is 0.500. The lowest BCUT2D eigenvalue weighted by Crippen LogP contribution is -2.28. The molecule has 0 bridgehead atoms. The first kappa shape index (κ1) is 19.6. The highest BCUT2D eigenvalue weighted by Crippen LogP contribution is 2.24. The Bertz CT molecular complexity index is 607. The Morgan fingerprint density at radius 1 is 0.960 bits per heavy atom. The van der Waals surface area contributed by atoms with Crippen LogP contribution in [0.1, 0.15) is 63.1 Å². The zero-order chi connectivity index (χ0) is 18.1. The summed E-state index contributed by atoms with van der Waals surface area (Å²) in [5.74, 6) is 0.0206. The van der Waals surface area contributed by atoms with E-state index in [2.05, 4.69) is 36.2 Å². The lowest BCUT2D eigenvalue weighted by atomic mass is 9.93. The van der Waals surface area contributed by atoms with Crippen molar-refractivity contribution in [3.63, 3.8) is 0 Å². The van der Waals surface area contributed by atoms with Crippen LogP contribution in [-0.2, 0) is 6.42 Å². The Morgan fingerprint density at radius 3 is 2.24 bits per heavy atom. The van der Waals surface area contributed by atoms with Gasteiger partial charge < -0.3 is 5.73 Å². The molecule has 0 saturated heterocycles. The quantitative estimate of drug-likeness (QED) is 0.566. The van der Waals surface area contributed by atoms with Gasteiger partial charge in [-0.15, -0.1) is 0 Å². The lowest BCUT2D eigenvalue weighted by Gasteiger charge is -2.17. The normalized spacial score (nSPS) is 13.6. The minimum atomic E-state index is -0.493. The predicted octanol–water partition coefficient (Wildman–Crippen LogP) is 5.66. The van der Waals surface area contributed by atoms with Gasteiger partial charge in [0.2, 0.25) is 0 Å². The first-order valence-electron chi connectivity index (χ1n) is 9.52. The second-order valence-electron chi connectivity index (χ2n) is 6.93. The van der Waals surface area contributed by atoms with E-state index in [0.717, 1.165) is 23.1 Å². The van der Waals surface area contributed by atoms with Gasteiger partial charge in [0.25, 0.3) is 0 Å². The van der Waals surface area contributed by atoms with Crippen LogP contribution in [0.15, 0.2) is 42.6 Å². The number of unbranched alkanes of at least 4 members (excludes halogenated alkanes) is 4. The summed E-state index contributed by atoms with van der Waals surface area (Å²) in [6.45, 7) is 3.71. The molecule has 0 fully saturated rings. The van der Waals surface area contributed by atoms with Crippen molar-refractivity contribution in [2.24, 2.45) is 5.73 Å². The fourth-order valence-electron chi connectivity index (χ4n) is 3.01. The Labute approximate surface area is 151 Å². The van der Waals surface area contributed by atoms with Gasteiger partial charge in [-0.1, -0.05) is 69.9 Å². The molecule has 1 aromatic carbocycles. The average Bonchev–Trinajstić information content (AvgIpc) is 2.67. The Morgan fingerprint density at radius 2 is 1.64 bits per heavy atom. The highest BCUT2D eigenvalue weighted by molar-refractivity contribution is 5.62. The zero-order valence-corrected chi connectivity index (χ0v) is 15.5. The van der Waals surface area contributed by atoms with Crippen molar-refractivity contribution >= 4 is 0 Å². The fourth-order valence-corrected chi connectivity index (χ4v) is 3.01. The van der Waals surface area contributed by atoms with Crippen LogP contribution in [0.4, 0.5) is 4.39 Å². The molecule has 3 heteroatoms. The van der Waals surface area contributed by atoms with E-state index in [1.165, 1.54) is 37.8 Å². The molecule has 0 amide bonds. The van der Waals surface area contributed by atoms with E-state index in [1.807, 2.05) is 25.3 Å². The summed E-state index contributed by atoms with van der Waals surface area (Å²) in [5, 5.41) is 0. The van der Waals surface area contributed by atoms with E-state index in [-0.39, 0.29) is 5.92 Å². The minimum absolute atomic E-state index is 0.0206. The van der Waals surface area contributed by atoms with Crippen molar-refractivity contribution in [1.82, 2.24) is 4.98 Å². The number of pyridine rings is 1. The number of nitrogens with two attached hydrogens (primary N) is 1. The Kier molecular flexibility index (Phi) is 8.07. The van der Waals surface area contributed by atoms with E-state index in [1.54, 1.807) is 0 Å². The molecule has 0 saturated carbocycles. The first-order valence-corrected chi connectivity index (χ1v) is 9.52. The number of rotatable bonds is 10. The van der Waals surface area contributed by atoms with E-state index in [0.29, 0.717) is 0 Å². The number of hydrogen-bond donors (Lipinski definition) is 1. The SMILES string of the molecule is CCCCCCCc1ccc(-c2ccc(C(C)C(N)CF)cc2)cn1. The maximum Gasteiger partial charge on any atom is 0.105 e. The third kappa shape index (κ3) is 5.93. The second kappa shape index (κ2) is 10.3. The molecular formula is C22H31FN2. The maximum atomic E-state index is 12.7.